The summed E-state index contributed by atoms with van der Waals surface area (Å²) in [6, 6.07) is 19.0. The molecule has 1 unspecified atom stereocenters. The van der Waals surface area contributed by atoms with E-state index in [2.05, 4.69) is 53.5 Å². The molecule has 0 bridgehead atoms. The first kappa shape index (κ1) is 15.5. The van der Waals surface area contributed by atoms with Gasteiger partial charge in [-0.15, -0.1) is 0 Å². The van der Waals surface area contributed by atoms with Crippen molar-refractivity contribution in [2.24, 2.45) is 0 Å². The average Bonchev–Trinajstić information content (AvgIpc) is 2.92. The molecule has 1 N–H and O–H groups in total. The number of aromatic nitrogens is 1. The molecule has 1 aromatic heterocycles. The van der Waals surface area contributed by atoms with Gasteiger partial charge in [0, 0.05) is 27.7 Å². The highest BCUT2D eigenvalue weighted by Crippen LogP contribution is 2.27. The minimum absolute atomic E-state index is 0.257. The Morgan fingerprint density at radius 1 is 1.14 bits per heavy atom. The van der Waals surface area contributed by atoms with Gasteiger partial charge in [0.1, 0.15) is 0 Å². The van der Waals surface area contributed by atoms with Gasteiger partial charge in [-0.1, -0.05) is 29.8 Å². The maximum Gasteiger partial charge on any atom is 0.0549 e. The lowest BCUT2D eigenvalue weighted by Gasteiger charge is -2.16. The quantitative estimate of drug-likeness (QED) is 0.607. The molecule has 1 atom stereocenters. The zero-order valence-electron chi connectivity index (χ0n) is 12.7. The first-order chi connectivity index (χ1) is 10.7. The van der Waals surface area contributed by atoms with E-state index in [0.717, 1.165) is 16.5 Å². The van der Waals surface area contributed by atoms with Crippen LogP contribution in [0.25, 0.3) is 10.9 Å². The number of nitrogens with one attached hydrogen (secondary N) is 1. The van der Waals surface area contributed by atoms with Crippen molar-refractivity contribution in [3.05, 3.63) is 65.3 Å². The van der Waals surface area contributed by atoms with Gasteiger partial charge in [-0.05, 0) is 67.6 Å². The van der Waals surface area contributed by atoms with E-state index in [0.29, 0.717) is 0 Å². The predicted octanol–water partition coefficient (Wildman–Crippen LogP) is 5.67. The second-order valence-electron chi connectivity index (χ2n) is 5.27. The molecule has 114 valence electrons. The molecular formula is C18H19ClN2S. The Balaban J connectivity index is 1.79. The van der Waals surface area contributed by atoms with Gasteiger partial charge in [-0.3, -0.25) is 4.72 Å². The van der Waals surface area contributed by atoms with E-state index >= 15 is 0 Å². The van der Waals surface area contributed by atoms with Crippen LogP contribution in [0, 0.1) is 0 Å². The lowest BCUT2D eigenvalue weighted by Crippen LogP contribution is -2.14. The van der Waals surface area contributed by atoms with Crippen LogP contribution in [-0.2, 0) is 6.54 Å². The van der Waals surface area contributed by atoms with Crippen LogP contribution in [0.5, 0.6) is 0 Å². The van der Waals surface area contributed by atoms with Crippen molar-refractivity contribution in [2.45, 2.75) is 31.3 Å². The number of halogens is 1. The zero-order chi connectivity index (χ0) is 15.5. The maximum absolute atomic E-state index is 5.92. The minimum atomic E-state index is 0.257. The molecule has 2 aromatic carbocycles. The fourth-order valence-electron chi connectivity index (χ4n) is 2.66. The predicted molar refractivity (Wildman–Crippen MR) is 96.5 cm³/mol. The molecule has 0 radical (unpaired) electrons. The van der Waals surface area contributed by atoms with Crippen LogP contribution in [0.3, 0.4) is 0 Å². The molecule has 2 nitrogen and oxygen atoms in total. The molecule has 1 heterocycles. The zero-order valence-corrected chi connectivity index (χ0v) is 14.3. The summed E-state index contributed by atoms with van der Waals surface area (Å²) in [5.41, 5.74) is 2.61. The Labute approximate surface area is 140 Å². The third kappa shape index (κ3) is 3.17. The van der Waals surface area contributed by atoms with Gasteiger partial charge in [-0.2, -0.15) is 0 Å². The number of para-hydroxylation sites is 1. The SMILES string of the molecule is CCn1c(C(C)NSc2ccc(Cl)cc2)cc2ccccc21. The molecule has 22 heavy (non-hydrogen) atoms. The molecule has 0 aliphatic carbocycles. The van der Waals surface area contributed by atoms with Gasteiger partial charge in [-0.25, -0.2) is 0 Å². The number of nitrogens with zero attached hydrogens (tertiary/aromatic N) is 1. The van der Waals surface area contributed by atoms with E-state index < -0.39 is 0 Å². The number of rotatable bonds is 5. The normalized spacial score (nSPS) is 12.7. The Morgan fingerprint density at radius 3 is 2.59 bits per heavy atom. The standard InChI is InChI=1S/C18H19ClN2S/c1-3-21-17-7-5-4-6-14(17)12-18(21)13(2)20-22-16-10-8-15(19)9-11-16/h4-13,20H,3H2,1-2H3. The molecule has 0 saturated carbocycles. The molecule has 0 aliphatic rings. The van der Waals surface area contributed by atoms with Crippen molar-refractivity contribution in [1.29, 1.82) is 0 Å². The average molecular weight is 331 g/mol. The van der Waals surface area contributed by atoms with Gasteiger partial charge in [0.25, 0.3) is 0 Å². The molecule has 0 amide bonds. The highest BCUT2D eigenvalue weighted by molar-refractivity contribution is 7.97. The largest absolute Gasteiger partial charge is 0.343 e. The van der Waals surface area contributed by atoms with Gasteiger partial charge >= 0.3 is 0 Å². The Bertz CT molecular complexity index is 764. The lowest BCUT2D eigenvalue weighted by atomic mass is 10.2. The van der Waals surface area contributed by atoms with E-state index in [-0.39, 0.29) is 6.04 Å². The Morgan fingerprint density at radius 2 is 1.86 bits per heavy atom. The van der Waals surface area contributed by atoms with E-state index in [9.17, 15) is 0 Å². The summed E-state index contributed by atoms with van der Waals surface area (Å²) in [6.07, 6.45) is 0. The van der Waals surface area contributed by atoms with Crippen molar-refractivity contribution in [2.75, 3.05) is 0 Å². The lowest BCUT2D eigenvalue weighted by molar-refractivity contribution is 0.646. The first-order valence-electron chi connectivity index (χ1n) is 7.45. The van der Waals surface area contributed by atoms with Crippen LogP contribution in [0.2, 0.25) is 5.02 Å². The van der Waals surface area contributed by atoms with Crippen molar-refractivity contribution in [3.63, 3.8) is 0 Å². The second-order valence-corrected chi connectivity index (χ2v) is 6.62. The fourth-order valence-corrected chi connectivity index (χ4v) is 3.49. The van der Waals surface area contributed by atoms with Crippen molar-refractivity contribution in [3.8, 4) is 0 Å². The number of aryl methyl sites for hydroxylation is 1. The van der Waals surface area contributed by atoms with Gasteiger partial charge < -0.3 is 4.57 Å². The first-order valence-corrected chi connectivity index (χ1v) is 8.64. The molecule has 4 heteroatoms. The third-order valence-electron chi connectivity index (χ3n) is 3.77. The summed E-state index contributed by atoms with van der Waals surface area (Å²) in [7, 11) is 0. The van der Waals surface area contributed by atoms with Crippen LogP contribution in [0.4, 0.5) is 0 Å². The van der Waals surface area contributed by atoms with Crippen molar-refractivity contribution in [1.82, 2.24) is 9.29 Å². The van der Waals surface area contributed by atoms with Crippen LogP contribution in [0.1, 0.15) is 25.6 Å². The van der Waals surface area contributed by atoms with Crippen LogP contribution < -0.4 is 4.72 Å². The molecular weight excluding hydrogens is 312 g/mol. The van der Waals surface area contributed by atoms with Crippen LogP contribution in [0.15, 0.2) is 59.5 Å². The Hall–Kier alpha value is -1.42. The van der Waals surface area contributed by atoms with E-state index in [1.165, 1.54) is 16.6 Å². The number of fused-ring (bicyclic) bond motifs is 1. The third-order valence-corrected chi connectivity index (χ3v) is 5.00. The summed E-state index contributed by atoms with van der Waals surface area (Å²) in [4.78, 5) is 1.16. The molecule has 3 rings (SSSR count). The molecule has 0 spiro atoms. The molecule has 0 aliphatic heterocycles. The van der Waals surface area contributed by atoms with E-state index in [4.69, 9.17) is 11.6 Å². The summed E-state index contributed by atoms with van der Waals surface area (Å²) in [6.45, 7) is 5.36. The number of hydrogen-bond donors (Lipinski definition) is 1. The van der Waals surface area contributed by atoms with Gasteiger partial charge in [0.05, 0.1) is 6.04 Å². The van der Waals surface area contributed by atoms with Crippen molar-refractivity contribution < 1.29 is 0 Å². The van der Waals surface area contributed by atoms with Crippen LogP contribution in [-0.4, -0.2) is 4.57 Å². The van der Waals surface area contributed by atoms with Gasteiger partial charge in [0.2, 0.25) is 0 Å². The second kappa shape index (κ2) is 6.78. The minimum Gasteiger partial charge on any atom is -0.343 e. The summed E-state index contributed by atoms with van der Waals surface area (Å²) in [5.74, 6) is 0. The topological polar surface area (TPSA) is 17.0 Å². The van der Waals surface area contributed by atoms with E-state index in [1.807, 2.05) is 24.3 Å². The van der Waals surface area contributed by atoms with Gasteiger partial charge in [0.15, 0.2) is 0 Å². The summed E-state index contributed by atoms with van der Waals surface area (Å²) >= 11 is 7.56. The van der Waals surface area contributed by atoms with E-state index in [1.54, 1.807) is 11.9 Å². The maximum atomic E-state index is 5.92. The highest BCUT2D eigenvalue weighted by Gasteiger charge is 2.13. The molecule has 3 aromatic rings. The Kier molecular flexibility index (Phi) is 4.77. The molecule has 0 saturated heterocycles. The number of benzene rings is 2. The summed E-state index contributed by atoms with van der Waals surface area (Å²) < 4.78 is 5.89. The molecule has 0 fully saturated rings. The van der Waals surface area contributed by atoms with Crippen LogP contribution >= 0.6 is 23.5 Å². The smallest absolute Gasteiger partial charge is 0.0549 e. The highest BCUT2D eigenvalue weighted by atomic mass is 35.5. The number of hydrogen-bond acceptors (Lipinski definition) is 2. The van der Waals surface area contributed by atoms with Crippen molar-refractivity contribution >= 4 is 34.5 Å². The monoisotopic (exact) mass is 330 g/mol. The fraction of sp³-hybridized carbons (Fsp3) is 0.222. The summed E-state index contributed by atoms with van der Waals surface area (Å²) in [5, 5.41) is 2.06.